The molecule has 3 rings (SSSR count). The first-order valence-electron chi connectivity index (χ1n) is 5.90. The van der Waals surface area contributed by atoms with Crippen molar-refractivity contribution in [3.8, 4) is 0 Å². The summed E-state index contributed by atoms with van der Waals surface area (Å²) in [6.07, 6.45) is 1.33. The van der Waals surface area contributed by atoms with Crippen molar-refractivity contribution in [1.82, 2.24) is 5.16 Å². The minimum Gasteiger partial charge on any atom is -0.417 e. The van der Waals surface area contributed by atoms with Crippen LogP contribution < -0.4 is 10.9 Å². The van der Waals surface area contributed by atoms with E-state index in [-0.39, 0.29) is 11.6 Å². The zero-order valence-electron chi connectivity index (χ0n) is 10.5. The molecule has 0 aliphatic rings. The van der Waals surface area contributed by atoms with Crippen LogP contribution in [0.1, 0.15) is 16.1 Å². The van der Waals surface area contributed by atoms with Crippen molar-refractivity contribution in [3.63, 3.8) is 0 Å². The van der Waals surface area contributed by atoms with Gasteiger partial charge >= 0.3 is 5.63 Å². The van der Waals surface area contributed by atoms with Gasteiger partial charge in [0.25, 0.3) is 5.91 Å². The minimum absolute atomic E-state index is 0.0747. The van der Waals surface area contributed by atoms with E-state index in [9.17, 15) is 9.59 Å². The molecule has 0 aliphatic carbocycles. The highest BCUT2D eigenvalue weighted by molar-refractivity contribution is 6.03. The van der Waals surface area contributed by atoms with Gasteiger partial charge in [0.15, 0.2) is 11.6 Å². The van der Waals surface area contributed by atoms with Gasteiger partial charge in [-0.25, -0.2) is 4.79 Å². The highest BCUT2D eigenvalue weighted by atomic mass is 16.5. The van der Waals surface area contributed by atoms with Crippen LogP contribution in [0.2, 0.25) is 0 Å². The number of nitrogens with zero attached hydrogens (tertiary/aromatic N) is 1. The SMILES string of the molecule is Cc1ccc2cc(C(=O)Nc3ccon3)oc(=O)c2c1. The molecule has 0 bridgehead atoms. The molecule has 0 radical (unpaired) electrons. The number of aryl methyl sites for hydroxylation is 1. The van der Waals surface area contributed by atoms with Crippen LogP contribution >= 0.6 is 0 Å². The second-order valence-corrected chi connectivity index (χ2v) is 4.33. The molecule has 0 atom stereocenters. The quantitative estimate of drug-likeness (QED) is 0.772. The highest BCUT2D eigenvalue weighted by Gasteiger charge is 2.13. The molecule has 6 nitrogen and oxygen atoms in total. The monoisotopic (exact) mass is 270 g/mol. The van der Waals surface area contributed by atoms with Crippen LogP contribution in [0.3, 0.4) is 0 Å². The van der Waals surface area contributed by atoms with Crippen LogP contribution in [-0.4, -0.2) is 11.1 Å². The highest BCUT2D eigenvalue weighted by Crippen LogP contribution is 2.15. The van der Waals surface area contributed by atoms with E-state index in [0.29, 0.717) is 10.8 Å². The largest absolute Gasteiger partial charge is 0.417 e. The van der Waals surface area contributed by atoms with Crippen LogP contribution in [-0.2, 0) is 0 Å². The van der Waals surface area contributed by atoms with Crippen LogP contribution in [0.25, 0.3) is 10.8 Å². The van der Waals surface area contributed by atoms with Crippen LogP contribution in [0.5, 0.6) is 0 Å². The average Bonchev–Trinajstić information content (AvgIpc) is 2.92. The molecule has 20 heavy (non-hydrogen) atoms. The summed E-state index contributed by atoms with van der Waals surface area (Å²) < 4.78 is 9.63. The molecule has 3 aromatic rings. The fourth-order valence-electron chi connectivity index (χ4n) is 1.87. The molecule has 0 fully saturated rings. The summed E-state index contributed by atoms with van der Waals surface area (Å²) >= 11 is 0. The number of hydrogen-bond acceptors (Lipinski definition) is 5. The van der Waals surface area contributed by atoms with Crippen LogP contribution in [0.15, 0.2) is 50.3 Å². The number of hydrogen-bond donors (Lipinski definition) is 1. The molecule has 0 saturated carbocycles. The molecular weight excluding hydrogens is 260 g/mol. The maximum absolute atomic E-state index is 11.9. The summed E-state index contributed by atoms with van der Waals surface area (Å²) in [5, 5.41) is 7.11. The van der Waals surface area contributed by atoms with Gasteiger partial charge < -0.3 is 14.3 Å². The lowest BCUT2D eigenvalue weighted by molar-refractivity contribution is 0.0992. The van der Waals surface area contributed by atoms with E-state index in [4.69, 9.17) is 4.42 Å². The summed E-state index contributed by atoms with van der Waals surface area (Å²) in [5.74, 6) is -0.380. The Hall–Kier alpha value is -2.89. The standard InChI is InChI=1S/C14H10N2O4/c1-8-2-3-9-7-11(20-14(18)10(9)6-8)13(17)15-12-4-5-19-16-12/h2-7H,1H3,(H,15,16,17). The fraction of sp³-hybridized carbons (Fsp3) is 0.0714. The lowest BCUT2D eigenvalue weighted by Crippen LogP contribution is -2.15. The number of benzene rings is 1. The first-order chi connectivity index (χ1) is 9.63. The minimum atomic E-state index is -0.557. The third kappa shape index (κ3) is 2.18. The Morgan fingerprint density at radius 1 is 1.25 bits per heavy atom. The maximum atomic E-state index is 11.9. The molecule has 100 valence electrons. The number of rotatable bonds is 2. The molecule has 0 spiro atoms. The van der Waals surface area contributed by atoms with Crippen molar-refractivity contribution in [1.29, 1.82) is 0 Å². The second-order valence-electron chi connectivity index (χ2n) is 4.33. The molecule has 2 heterocycles. The topological polar surface area (TPSA) is 85.3 Å². The van der Waals surface area contributed by atoms with Crippen LogP contribution in [0.4, 0.5) is 5.82 Å². The van der Waals surface area contributed by atoms with Gasteiger partial charge in [-0.15, -0.1) is 0 Å². The predicted octanol–water partition coefficient (Wildman–Crippen LogP) is 2.34. The van der Waals surface area contributed by atoms with Gasteiger partial charge in [-0.3, -0.25) is 4.79 Å². The van der Waals surface area contributed by atoms with Gasteiger partial charge in [0.05, 0.1) is 5.39 Å². The van der Waals surface area contributed by atoms with E-state index in [1.54, 1.807) is 12.1 Å². The number of fused-ring (bicyclic) bond motifs is 1. The summed E-state index contributed by atoms with van der Waals surface area (Å²) in [6.45, 7) is 1.88. The van der Waals surface area contributed by atoms with E-state index in [1.807, 2.05) is 13.0 Å². The maximum Gasteiger partial charge on any atom is 0.344 e. The number of nitrogens with one attached hydrogen (secondary N) is 1. The van der Waals surface area contributed by atoms with Gasteiger partial charge in [0, 0.05) is 6.07 Å². The molecule has 1 amide bonds. The molecule has 1 N–H and O–H groups in total. The lowest BCUT2D eigenvalue weighted by Gasteiger charge is -2.02. The van der Waals surface area contributed by atoms with Gasteiger partial charge in [0.2, 0.25) is 0 Å². The Morgan fingerprint density at radius 3 is 2.85 bits per heavy atom. The molecule has 2 aromatic heterocycles. The molecule has 6 heteroatoms. The molecule has 1 aromatic carbocycles. The summed E-state index contributed by atoms with van der Waals surface area (Å²) in [7, 11) is 0. The van der Waals surface area contributed by atoms with Gasteiger partial charge in [-0.1, -0.05) is 22.9 Å². The normalized spacial score (nSPS) is 10.7. The Kier molecular flexibility index (Phi) is 2.83. The van der Waals surface area contributed by atoms with Crippen molar-refractivity contribution < 1.29 is 13.7 Å². The molecule has 0 aliphatic heterocycles. The number of carbonyl (C=O) groups is 1. The van der Waals surface area contributed by atoms with E-state index in [2.05, 4.69) is 15.0 Å². The Balaban J connectivity index is 2.02. The van der Waals surface area contributed by atoms with Gasteiger partial charge in [-0.2, -0.15) is 0 Å². The van der Waals surface area contributed by atoms with Crippen molar-refractivity contribution in [2.45, 2.75) is 6.92 Å². The summed E-state index contributed by atoms with van der Waals surface area (Å²) in [6, 6.07) is 8.36. The Bertz CT molecular complexity index is 834. The third-order valence-electron chi connectivity index (χ3n) is 2.82. The number of aromatic nitrogens is 1. The summed E-state index contributed by atoms with van der Waals surface area (Å²) in [5.41, 5.74) is 0.404. The lowest BCUT2D eigenvalue weighted by atomic mass is 10.1. The average molecular weight is 270 g/mol. The molecule has 0 saturated heterocycles. The van der Waals surface area contributed by atoms with Gasteiger partial charge in [-0.05, 0) is 24.4 Å². The first-order valence-corrected chi connectivity index (χ1v) is 5.90. The van der Waals surface area contributed by atoms with Gasteiger partial charge in [0.1, 0.15) is 6.26 Å². The van der Waals surface area contributed by atoms with Crippen molar-refractivity contribution >= 4 is 22.5 Å². The van der Waals surface area contributed by atoms with E-state index in [1.165, 1.54) is 18.4 Å². The van der Waals surface area contributed by atoms with E-state index in [0.717, 1.165) is 5.56 Å². The van der Waals surface area contributed by atoms with E-state index < -0.39 is 11.5 Å². The molecular formula is C14H10N2O4. The first kappa shape index (κ1) is 12.2. The van der Waals surface area contributed by atoms with Crippen molar-refractivity contribution in [2.75, 3.05) is 5.32 Å². The number of anilines is 1. The second kappa shape index (κ2) is 4.65. The number of carbonyl (C=O) groups excluding carboxylic acids is 1. The zero-order chi connectivity index (χ0) is 14.1. The number of amides is 1. The Morgan fingerprint density at radius 2 is 2.10 bits per heavy atom. The van der Waals surface area contributed by atoms with Crippen molar-refractivity contribution in [3.05, 3.63) is 58.3 Å². The smallest absolute Gasteiger partial charge is 0.344 e. The Labute approximate surface area is 113 Å². The summed E-state index contributed by atoms with van der Waals surface area (Å²) in [4.78, 5) is 23.8. The zero-order valence-corrected chi connectivity index (χ0v) is 10.5. The van der Waals surface area contributed by atoms with Crippen LogP contribution in [0, 0.1) is 6.92 Å². The predicted molar refractivity (Wildman–Crippen MR) is 71.7 cm³/mol. The fourth-order valence-corrected chi connectivity index (χ4v) is 1.87. The molecule has 0 unspecified atom stereocenters. The van der Waals surface area contributed by atoms with E-state index >= 15 is 0 Å². The third-order valence-corrected chi connectivity index (χ3v) is 2.82. The van der Waals surface area contributed by atoms with Crippen molar-refractivity contribution in [2.24, 2.45) is 0 Å².